The van der Waals surface area contributed by atoms with Crippen molar-refractivity contribution in [2.24, 2.45) is 0 Å². The number of hydrogen-bond acceptors (Lipinski definition) is 3. The van der Waals surface area contributed by atoms with E-state index in [-0.39, 0.29) is 5.56 Å². The van der Waals surface area contributed by atoms with E-state index in [0.29, 0.717) is 23.2 Å². The lowest BCUT2D eigenvalue weighted by Gasteiger charge is -1.95. The summed E-state index contributed by atoms with van der Waals surface area (Å²) in [5, 5.41) is 0. The molecule has 0 amide bonds. The molecule has 0 bridgehead atoms. The fraction of sp³-hybridized carbons (Fsp3) is 0.0714. The first-order valence-corrected chi connectivity index (χ1v) is 5.24. The minimum atomic E-state index is -0.547. The van der Waals surface area contributed by atoms with Crippen molar-refractivity contribution >= 4 is 6.29 Å². The van der Waals surface area contributed by atoms with E-state index in [0.717, 1.165) is 0 Å². The lowest BCUT2D eigenvalue weighted by molar-refractivity contribution is 0.112. The van der Waals surface area contributed by atoms with Crippen LogP contribution in [0.5, 0.6) is 0 Å². The summed E-state index contributed by atoms with van der Waals surface area (Å²) in [6.45, 7) is 1.79. The average molecular weight is 240 g/mol. The standard InChI is InChI=1S/C14H9FN2O/c1-10-16-7-12(8-17-10)3-2-11-4-5-14(15)13(6-11)9-18/h4-9H,1H3. The van der Waals surface area contributed by atoms with Crippen molar-refractivity contribution in [3.63, 3.8) is 0 Å². The molecule has 4 heteroatoms. The predicted molar refractivity (Wildman–Crippen MR) is 64.5 cm³/mol. The Morgan fingerprint density at radius 3 is 2.50 bits per heavy atom. The maximum Gasteiger partial charge on any atom is 0.153 e. The van der Waals surface area contributed by atoms with Crippen LogP contribution >= 0.6 is 0 Å². The molecule has 0 aliphatic carbocycles. The summed E-state index contributed by atoms with van der Waals surface area (Å²) < 4.78 is 13.1. The van der Waals surface area contributed by atoms with Crippen LogP contribution in [0.3, 0.4) is 0 Å². The van der Waals surface area contributed by atoms with Gasteiger partial charge in [0.2, 0.25) is 0 Å². The van der Waals surface area contributed by atoms with Crippen molar-refractivity contribution in [2.75, 3.05) is 0 Å². The van der Waals surface area contributed by atoms with Gasteiger partial charge in [-0.3, -0.25) is 4.79 Å². The lowest BCUT2D eigenvalue weighted by Crippen LogP contribution is -1.89. The van der Waals surface area contributed by atoms with Crippen molar-refractivity contribution in [3.05, 3.63) is 58.9 Å². The normalized spacial score (nSPS) is 9.44. The highest BCUT2D eigenvalue weighted by atomic mass is 19.1. The molecule has 0 N–H and O–H groups in total. The zero-order valence-electron chi connectivity index (χ0n) is 9.64. The summed E-state index contributed by atoms with van der Waals surface area (Å²) in [7, 11) is 0. The first kappa shape index (κ1) is 11.9. The molecule has 2 rings (SSSR count). The van der Waals surface area contributed by atoms with Crippen LogP contribution in [0, 0.1) is 24.6 Å². The summed E-state index contributed by atoms with van der Waals surface area (Å²) in [4.78, 5) is 18.6. The van der Waals surface area contributed by atoms with Crippen LogP contribution in [0.15, 0.2) is 30.6 Å². The molecule has 1 aromatic carbocycles. The maximum atomic E-state index is 13.1. The summed E-state index contributed by atoms with van der Waals surface area (Å²) in [5.41, 5.74) is 1.23. The number of carbonyl (C=O) groups excluding carboxylic acids is 1. The van der Waals surface area contributed by atoms with Crippen LogP contribution in [-0.4, -0.2) is 16.3 Å². The Morgan fingerprint density at radius 2 is 1.83 bits per heavy atom. The molecule has 2 aromatic rings. The molecule has 0 unspecified atom stereocenters. The van der Waals surface area contributed by atoms with E-state index in [9.17, 15) is 9.18 Å². The summed E-state index contributed by atoms with van der Waals surface area (Å²) in [5.74, 6) is 5.80. The summed E-state index contributed by atoms with van der Waals surface area (Å²) >= 11 is 0. The Morgan fingerprint density at radius 1 is 1.17 bits per heavy atom. The zero-order valence-corrected chi connectivity index (χ0v) is 9.64. The van der Waals surface area contributed by atoms with Gasteiger partial charge in [-0.25, -0.2) is 14.4 Å². The van der Waals surface area contributed by atoms with Crippen molar-refractivity contribution in [2.45, 2.75) is 6.92 Å². The molecule has 0 aliphatic rings. The van der Waals surface area contributed by atoms with Crippen molar-refractivity contribution in [3.8, 4) is 11.8 Å². The van der Waals surface area contributed by atoms with E-state index in [1.54, 1.807) is 19.3 Å². The lowest BCUT2D eigenvalue weighted by atomic mass is 10.1. The maximum absolute atomic E-state index is 13.1. The third-order valence-corrected chi connectivity index (χ3v) is 2.26. The smallest absolute Gasteiger partial charge is 0.153 e. The van der Waals surface area contributed by atoms with Crippen LogP contribution < -0.4 is 0 Å². The number of nitrogens with zero attached hydrogens (tertiary/aromatic N) is 2. The Kier molecular flexibility index (Phi) is 3.44. The number of rotatable bonds is 1. The fourth-order valence-corrected chi connectivity index (χ4v) is 1.31. The number of halogens is 1. The van der Waals surface area contributed by atoms with E-state index < -0.39 is 5.82 Å². The van der Waals surface area contributed by atoms with E-state index in [1.165, 1.54) is 18.2 Å². The van der Waals surface area contributed by atoms with E-state index in [4.69, 9.17) is 0 Å². The van der Waals surface area contributed by atoms with Crippen LogP contribution in [0.2, 0.25) is 0 Å². The predicted octanol–water partition coefficient (Wildman–Crippen LogP) is 2.14. The first-order valence-electron chi connectivity index (χ1n) is 5.24. The molecule has 3 nitrogen and oxygen atoms in total. The molecule has 0 radical (unpaired) electrons. The number of aldehydes is 1. The first-order chi connectivity index (χ1) is 8.69. The molecule has 88 valence electrons. The third kappa shape index (κ3) is 2.77. The SMILES string of the molecule is Cc1ncc(C#Cc2ccc(F)c(C=O)c2)cn1. The van der Waals surface area contributed by atoms with Gasteiger partial charge in [-0.15, -0.1) is 0 Å². The summed E-state index contributed by atoms with van der Waals surface area (Å²) in [6.07, 6.45) is 3.69. The third-order valence-electron chi connectivity index (χ3n) is 2.26. The zero-order chi connectivity index (χ0) is 13.0. The quantitative estimate of drug-likeness (QED) is 0.566. The van der Waals surface area contributed by atoms with Crippen LogP contribution in [-0.2, 0) is 0 Å². The highest BCUT2D eigenvalue weighted by Gasteiger charge is 2.00. The highest BCUT2D eigenvalue weighted by Crippen LogP contribution is 2.07. The molecule has 0 fully saturated rings. The van der Waals surface area contributed by atoms with Crippen LogP contribution in [0.1, 0.15) is 27.3 Å². The second kappa shape index (κ2) is 5.19. The fourth-order valence-electron chi connectivity index (χ4n) is 1.31. The van der Waals surface area contributed by atoms with Gasteiger partial charge in [-0.05, 0) is 25.1 Å². The van der Waals surface area contributed by atoms with Gasteiger partial charge >= 0.3 is 0 Å². The van der Waals surface area contributed by atoms with Crippen molar-refractivity contribution in [1.82, 2.24) is 9.97 Å². The van der Waals surface area contributed by atoms with Gasteiger partial charge < -0.3 is 0 Å². The van der Waals surface area contributed by atoms with E-state index in [1.807, 2.05) is 0 Å². The minimum Gasteiger partial charge on any atom is -0.298 e. The summed E-state index contributed by atoms with van der Waals surface area (Å²) in [6, 6.07) is 4.15. The van der Waals surface area contributed by atoms with Crippen molar-refractivity contribution in [1.29, 1.82) is 0 Å². The number of carbonyl (C=O) groups is 1. The van der Waals surface area contributed by atoms with Gasteiger partial charge in [-0.2, -0.15) is 0 Å². The van der Waals surface area contributed by atoms with Gasteiger partial charge in [0.25, 0.3) is 0 Å². The molecule has 0 saturated heterocycles. The number of aryl methyl sites for hydroxylation is 1. The second-order valence-electron chi connectivity index (χ2n) is 3.62. The number of aromatic nitrogens is 2. The molecule has 1 heterocycles. The van der Waals surface area contributed by atoms with E-state index >= 15 is 0 Å². The van der Waals surface area contributed by atoms with Gasteiger partial charge in [0.1, 0.15) is 11.6 Å². The molecule has 1 aromatic heterocycles. The Labute approximate surface area is 104 Å². The Hall–Kier alpha value is -2.54. The molecular formula is C14H9FN2O. The van der Waals surface area contributed by atoms with Gasteiger partial charge in [-0.1, -0.05) is 11.8 Å². The molecule has 0 aliphatic heterocycles. The van der Waals surface area contributed by atoms with Crippen molar-refractivity contribution < 1.29 is 9.18 Å². The molecule has 0 saturated carbocycles. The molecule has 0 atom stereocenters. The Balaban J connectivity index is 2.29. The molecular weight excluding hydrogens is 231 g/mol. The van der Waals surface area contributed by atoms with E-state index in [2.05, 4.69) is 21.8 Å². The molecule has 18 heavy (non-hydrogen) atoms. The second-order valence-corrected chi connectivity index (χ2v) is 3.62. The minimum absolute atomic E-state index is 0.00181. The Bertz CT molecular complexity index is 639. The molecule has 0 spiro atoms. The van der Waals surface area contributed by atoms with Crippen LogP contribution in [0.25, 0.3) is 0 Å². The number of hydrogen-bond donors (Lipinski definition) is 0. The average Bonchev–Trinajstić information content (AvgIpc) is 2.39. The topological polar surface area (TPSA) is 42.9 Å². The monoisotopic (exact) mass is 240 g/mol. The van der Waals surface area contributed by atoms with Gasteiger partial charge in [0, 0.05) is 18.0 Å². The largest absolute Gasteiger partial charge is 0.298 e. The van der Waals surface area contributed by atoms with Gasteiger partial charge in [0.05, 0.1) is 11.1 Å². The van der Waals surface area contributed by atoms with Crippen LogP contribution in [0.4, 0.5) is 4.39 Å². The highest BCUT2D eigenvalue weighted by molar-refractivity contribution is 5.76. The number of benzene rings is 1. The van der Waals surface area contributed by atoms with Gasteiger partial charge in [0.15, 0.2) is 6.29 Å².